The summed E-state index contributed by atoms with van der Waals surface area (Å²) in [7, 11) is 0. The highest BCUT2D eigenvalue weighted by molar-refractivity contribution is 5.60. The predicted octanol–water partition coefficient (Wildman–Crippen LogP) is 4.36. The summed E-state index contributed by atoms with van der Waals surface area (Å²) in [4.78, 5) is 0. The Balaban J connectivity index is 1.51. The number of fused-ring (bicyclic) bond motifs is 3. The summed E-state index contributed by atoms with van der Waals surface area (Å²) in [5.41, 5.74) is 5.08. The second-order valence-corrected chi connectivity index (χ2v) is 8.19. The summed E-state index contributed by atoms with van der Waals surface area (Å²) >= 11 is 0. The Bertz CT molecular complexity index is 900. The molecule has 2 fully saturated rings. The molecule has 2 aliphatic carbocycles. The van der Waals surface area contributed by atoms with E-state index in [1.165, 1.54) is 22.4 Å². The molecule has 3 aliphatic rings. The van der Waals surface area contributed by atoms with Crippen LogP contribution < -0.4 is 0 Å². The summed E-state index contributed by atoms with van der Waals surface area (Å²) in [5, 5.41) is 4.70. The fourth-order valence-corrected chi connectivity index (χ4v) is 5.02. The van der Waals surface area contributed by atoms with Crippen molar-refractivity contribution in [3.05, 3.63) is 71.6 Å². The highest BCUT2D eigenvalue weighted by Gasteiger charge is 2.59. The molecule has 4 heteroatoms. The van der Waals surface area contributed by atoms with Gasteiger partial charge in [-0.3, -0.25) is 4.68 Å². The molecule has 27 heavy (non-hydrogen) atoms. The molecular weight excluding hydrogens is 336 g/mol. The van der Waals surface area contributed by atoms with Crippen molar-refractivity contribution in [3.8, 4) is 0 Å². The zero-order chi connectivity index (χ0) is 18.5. The van der Waals surface area contributed by atoms with E-state index in [-0.39, 0.29) is 11.5 Å². The standard InChI is InChI=1S/C23H26N2O2/c1-3-20-16-26-23(27-20)11-7-10-19-12-21-18(13-22(19,23)2)14-24-25(21)15-17-8-5-4-6-9-17/h3-6,8-9,12,14,20H,1,7,10-11,13,15-16H2,2H3/t20-,22+,23?/m1/s1. The molecule has 5 rings (SSSR count). The second-order valence-electron chi connectivity index (χ2n) is 8.19. The number of hydrogen-bond donors (Lipinski definition) is 0. The van der Waals surface area contributed by atoms with Crippen molar-refractivity contribution < 1.29 is 9.47 Å². The zero-order valence-electron chi connectivity index (χ0n) is 15.9. The van der Waals surface area contributed by atoms with Crippen LogP contribution in [0.3, 0.4) is 0 Å². The third kappa shape index (κ3) is 2.54. The predicted molar refractivity (Wildman–Crippen MR) is 105 cm³/mol. The molecular formula is C23H26N2O2. The normalized spacial score (nSPS) is 32.0. The van der Waals surface area contributed by atoms with E-state index in [0.29, 0.717) is 6.61 Å². The summed E-state index contributed by atoms with van der Waals surface area (Å²) in [6.07, 6.45) is 10.3. The van der Waals surface area contributed by atoms with Gasteiger partial charge in [0.05, 0.1) is 25.0 Å². The van der Waals surface area contributed by atoms with Crippen LogP contribution in [-0.4, -0.2) is 28.3 Å². The van der Waals surface area contributed by atoms with Crippen LogP contribution in [0.2, 0.25) is 0 Å². The number of nitrogens with zero attached hydrogens (tertiary/aromatic N) is 2. The van der Waals surface area contributed by atoms with Crippen molar-refractivity contribution >= 4 is 6.08 Å². The molecule has 0 amide bonds. The van der Waals surface area contributed by atoms with Crippen LogP contribution in [0.5, 0.6) is 0 Å². The van der Waals surface area contributed by atoms with Crippen LogP contribution in [0.15, 0.2) is 54.8 Å². The molecule has 1 spiro atoms. The zero-order valence-corrected chi connectivity index (χ0v) is 15.9. The van der Waals surface area contributed by atoms with E-state index >= 15 is 0 Å². The summed E-state index contributed by atoms with van der Waals surface area (Å²) in [6, 6.07) is 10.5. The van der Waals surface area contributed by atoms with Gasteiger partial charge in [0.25, 0.3) is 0 Å². The molecule has 1 saturated carbocycles. The average Bonchev–Trinajstić information content (AvgIpc) is 3.27. The molecule has 0 N–H and O–H groups in total. The molecule has 2 aromatic rings. The lowest BCUT2D eigenvalue weighted by molar-refractivity contribution is -0.239. The third-order valence-corrected chi connectivity index (χ3v) is 6.58. The number of ether oxygens (including phenoxy) is 2. The van der Waals surface area contributed by atoms with E-state index in [1.54, 1.807) is 0 Å². The topological polar surface area (TPSA) is 36.3 Å². The first kappa shape index (κ1) is 17.0. The Labute approximate surface area is 160 Å². The first-order valence-corrected chi connectivity index (χ1v) is 9.87. The van der Waals surface area contributed by atoms with E-state index in [9.17, 15) is 0 Å². The van der Waals surface area contributed by atoms with Crippen LogP contribution >= 0.6 is 0 Å². The van der Waals surface area contributed by atoms with E-state index in [2.05, 4.69) is 54.6 Å². The Morgan fingerprint density at radius 2 is 2.19 bits per heavy atom. The lowest BCUT2D eigenvalue weighted by Gasteiger charge is -2.51. The van der Waals surface area contributed by atoms with Crippen molar-refractivity contribution in [2.24, 2.45) is 5.41 Å². The van der Waals surface area contributed by atoms with Gasteiger partial charge in [-0.1, -0.05) is 48.9 Å². The van der Waals surface area contributed by atoms with Crippen molar-refractivity contribution in [2.45, 2.75) is 51.0 Å². The van der Waals surface area contributed by atoms with Gasteiger partial charge in [-0.2, -0.15) is 5.10 Å². The maximum Gasteiger partial charge on any atom is 0.178 e. The molecule has 1 aromatic carbocycles. The molecule has 0 bridgehead atoms. The molecule has 140 valence electrons. The van der Waals surface area contributed by atoms with Gasteiger partial charge in [-0.15, -0.1) is 6.58 Å². The van der Waals surface area contributed by atoms with Gasteiger partial charge in [0.15, 0.2) is 5.79 Å². The second kappa shape index (κ2) is 6.18. The van der Waals surface area contributed by atoms with Crippen LogP contribution in [0.25, 0.3) is 6.08 Å². The van der Waals surface area contributed by atoms with Crippen LogP contribution in [0.4, 0.5) is 0 Å². The molecule has 1 saturated heterocycles. The van der Waals surface area contributed by atoms with Crippen LogP contribution in [0.1, 0.15) is 43.0 Å². The number of aromatic nitrogens is 2. The molecule has 1 aromatic heterocycles. The van der Waals surface area contributed by atoms with Gasteiger partial charge in [-0.25, -0.2) is 0 Å². The fourth-order valence-electron chi connectivity index (χ4n) is 5.02. The van der Waals surface area contributed by atoms with Crippen molar-refractivity contribution in [3.63, 3.8) is 0 Å². The Kier molecular flexibility index (Phi) is 3.88. The largest absolute Gasteiger partial charge is 0.346 e. The first-order chi connectivity index (χ1) is 13.1. The lowest BCUT2D eigenvalue weighted by atomic mass is 9.62. The van der Waals surface area contributed by atoms with Gasteiger partial charge in [0, 0.05) is 11.8 Å². The highest BCUT2D eigenvalue weighted by Crippen LogP contribution is 2.57. The maximum absolute atomic E-state index is 6.42. The van der Waals surface area contributed by atoms with E-state index < -0.39 is 5.79 Å². The average molecular weight is 362 g/mol. The minimum Gasteiger partial charge on any atom is -0.346 e. The van der Waals surface area contributed by atoms with Gasteiger partial charge in [0.2, 0.25) is 0 Å². The Morgan fingerprint density at radius 3 is 2.96 bits per heavy atom. The maximum atomic E-state index is 6.42. The third-order valence-electron chi connectivity index (χ3n) is 6.58. The fraction of sp³-hybridized carbons (Fsp3) is 0.435. The quantitative estimate of drug-likeness (QED) is 0.761. The van der Waals surface area contributed by atoms with E-state index in [4.69, 9.17) is 14.6 Å². The highest BCUT2D eigenvalue weighted by atomic mass is 16.7. The molecule has 3 atom stereocenters. The minimum atomic E-state index is -0.533. The molecule has 1 aliphatic heterocycles. The van der Waals surface area contributed by atoms with Gasteiger partial charge in [-0.05, 0) is 36.5 Å². The smallest absolute Gasteiger partial charge is 0.178 e. The van der Waals surface area contributed by atoms with Crippen molar-refractivity contribution in [1.29, 1.82) is 0 Å². The number of rotatable bonds is 3. The summed E-state index contributed by atoms with van der Waals surface area (Å²) in [5.74, 6) is -0.533. The van der Waals surface area contributed by atoms with E-state index in [1.807, 2.05) is 12.3 Å². The van der Waals surface area contributed by atoms with Crippen LogP contribution in [0, 0.1) is 5.41 Å². The summed E-state index contributed by atoms with van der Waals surface area (Å²) < 4.78 is 14.9. The Hall–Kier alpha value is -2.17. The van der Waals surface area contributed by atoms with Crippen molar-refractivity contribution in [1.82, 2.24) is 9.78 Å². The number of hydrogen-bond acceptors (Lipinski definition) is 3. The molecule has 1 unspecified atom stereocenters. The monoisotopic (exact) mass is 362 g/mol. The SMILES string of the molecule is C=C[C@@H]1COC2(CCCC3=Cc4c(cnn4Cc4ccccc4)C[C@@]32C)O1. The van der Waals surface area contributed by atoms with Gasteiger partial charge < -0.3 is 9.47 Å². The van der Waals surface area contributed by atoms with Crippen molar-refractivity contribution in [2.75, 3.05) is 6.61 Å². The van der Waals surface area contributed by atoms with Gasteiger partial charge >= 0.3 is 0 Å². The molecule has 2 heterocycles. The Morgan fingerprint density at radius 1 is 1.33 bits per heavy atom. The van der Waals surface area contributed by atoms with E-state index in [0.717, 1.165) is 32.2 Å². The molecule has 4 nitrogen and oxygen atoms in total. The lowest BCUT2D eigenvalue weighted by Crippen LogP contribution is -2.53. The first-order valence-electron chi connectivity index (χ1n) is 9.87. The van der Waals surface area contributed by atoms with Crippen LogP contribution in [-0.2, 0) is 22.4 Å². The van der Waals surface area contributed by atoms with Gasteiger partial charge in [0.1, 0.15) is 6.10 Å². The summed E-state index contributed by atoms with van der Waals surface area (Å²) in [6.45, 7) is 7.60. The number of benzene rings is 1. The molecule has 0 radical (unpaired) electrons. The minimum absolute atomic E-state index is 0.0108.